The van der Waals surface area contributed by atoms with Crippen LogP contribution in [0.25, 0.3) is 22.2 Å². The number of aromatic amines is 1. The van der Waals surface area contributed by atoms with Gasteiger partial charge in [0.05, 0.1) is 5.52 Å². The predicted molar refractivity (Wildman–Crippen MR) is 100 cm³/mol. The van der Waals surface area contributed by atoms with E-state index >= 15 is 0 Å². The zero-order valence-electron chi connectivity index (χ0n) is 15.4. The minimum absolute atomic E-state index is 0.0706. The Balaban J connectivity index is 1.73. The summed E-state index contributed by atoms with van der Waals surface area (Å²) in [4.78, 5) is 25.1. The number of hydrogen-bond acceptors (Lipinski definition) is 4. The minimum atomic E-state index is -2.75. The second kappa shape index (κ2) is 7.04. The first-order valence-corrected chi connectivity index (χ1v) is 8.54. The smallest absolute Gasteiger partial charge is 0.296 e. The summed E-state index contributed by atoms with van der Waals surface area (Å²) in [6.45, 7) is 0. The number of H-pyrrole nitrogens is 1. The molecule has 0 fully saturated rings. The summed E-state index contributed by atoms with van der Waals surface area (Å²) in [5, 5.41) is 4.50. The highest BCUT2D eigenvalue weighted by atomic mass is 19.3. The second-order valence-electron chi connectivity index (χ2n) is 6.42. The molecular weight excluding hydrogens is 385 g/mol. The first-order valence-electron chi connectivity index (χ1n) is 8.54. The van der Waals surface area contributed by atoms with E-state index in [4.69, 9.17) is 0 Å². The maximum Gasteiger partial charge on any atom is 0.296 e. The SMILES string of the molecule is CN(C(=O)c1ncnn1C)c1cc2[nH]c(-c3cc(F)ccc3C(F)F)cc2cn1. The number of anilines is 1. The van der Waals surface area contributed by atoms with E-state index in [0.717, 1.165) is 18.2 Å². The average Bonchev–Trinajstić information content (AvgIpc) is 3.31. The summed E-state index contributed by atoms with van der Waals surface area (Å²) in [7, 11) is 3.14. The number of amides is 1. The van der Waals surface area contributed by atoms with Crippen molar-refractivity contribution in [2.75, 3.05) is 11.9 Å². The lowest BCUT2D eigenvalue weighted by Crippen LogP contribution is -2.29. The molecule has 148 valence electrons. The van der Waals surface area contributed by atoms with Gasteiger partial charge in [0.25, 0.3) is 12.3 Å². The van der Waals surface area contributed by atoms with Crippen molar-refractivity contribution in [3.8, 4) is 11.3 Å². The fourth-order valence-electron chi connectivity index (χ4n) is 3.04. The molecule has 0 aliphatic heterocycles. The van der Waals surface area contributed by atoms with Crippen molar-refractivity contribution >= 4 is 22.6 Å². The number of carbonyl (C=O) groups excluding carboxylic acids is 1. The van der Waals surface area contributed by atoms with Crippen LogP contribution in [0.2, 0.25) is 0 Å². The van der Waals surface area contributed by atoms with Gasteiger partial charge < -0.3 is 4.98 Å². The van der Waals surface area contributed by atoms with Crippen molar-refractivity contribution in [3.63, 3.8) is 0 Å². The molecule has 4 aromatic rings. The van der Waals surface area contributed by atoms with Gasteiger partial charge in [-0.15, -0.1) is 0 Å². The first-order chi connectivity index (χ1) is 13.8. The summed E-state index contributed by atoms with van der Waals surface area (Å²) in [6, 6.07) is 6.34. The lowest BCUT2D eigenvalue weighted by Gasteiger charge is -2.15. The van der Waals surface area contributed by atoms with Crippen molar-refractivity contribution in [2.24, 2.45) is 7.05 Å². The van der Waals surface area contributed by atoms with Gasteiger partial charge in [-0.2, -0.15) is 5.10 Å². The quantitative estimate of drug-likeness (QED) is 0.566. The Labute approximate surface area is 162 Å². The third kappa shape index (κ3) is 3.33. The van der Waals surface area contributed by atoms with Gasteiger partial charge in [-0.25, -0.2) is 27.8 Å². The lowest BCUT2D eigenvalue weighted by atomic mass is 10.0. The predicted octanol–water partition coefficient (Wildman–Crippen LogP) is 3.71. The van der Waals surface area contributed by atoms with Crippen molar-refractivity contribution in [1.82, 2.24) is 24.7 Å². The van der Waals surface area contributed by atoms with Crippen LogP contribution in [0.4, 0.5) is 19.0 Å². The first kappa shape index (κ1) is 18.7. The number of alkyl halides is 2. The molecule has 0 radical (unpaired) electrons. The summed E-state index contributed by atoms with van der Waals surface area (Å²) < 4.78 is 41.6. The molecule has 1 amide bonds. The second-order valence-corrected chi connectivity index (χ2v) is 6.42. The number of aryl methyl sites for hydroxylation is 1. The van der Waals surface area contributed by atoms with Gasteiger partial charge in [-0.3, -0.25) is 9.69 Å². The van der Waals surface area contributed by atoms with Crippen molar-refractivity contribution in [1.29, 1.82) is 0 Å². The highest BCUT2D eigenvalue weighted by molar-refractivity contribution is 6.03. The highest BCUT2D eigenvalue weighted by Crippen LogP contribution is 2.33. The van der Waals surface area contributed by atoms with Gasteiger partial charge in [0, 0.05) is 48.6 Å². The molecule has 1 aromatic carbocycles. The number of benzene rings is 1. The van der Waals surface area contributed by atoms with Crippen LogP contribution in [0.5, 0.6) is 0 Å². The number of aromatic nitrogens is 5. The van der Waals surface area contributed by atoms with Crippen LogP contribution >= 0.6 is 0 Å². The van der Waals surface area contributed by atoms with Crippen molar-refractivity contribution in [2.45, 2.75) is 6.43 Å². The summed E-state index contributed by atoms with van der Waals surface area (Å²) in [5.74, 6) is -0.556. The Morgan fingerprint density at radius 3 is 2.69 bits per heavy atom. The average molecular weight is 400 g/mol. The standard InChI is InChI=1S/C19H15F3N6O/c1-27(19(29)18-24-9-25-28(18)2)16-7-14-10(8-23-16)5-15(26-14)13-6-11(20)3-4-12(13)17(21)22/h3-9,17,26H,1-2H3. The summed E-state index contributed by atoms with van der Waals surface area (Å²) in [6.07, 6.45) is 0.0296. The maximum absolute atomic E-state index is 13.6. The molecule has 1 N–H and O–H groups in total. The van der Waals surface area contributed by atoms with Crippen LogP contribution in [0, 0.1) is 5.82 Å². The molecule has 3 aromatic heterocycles. The third-order valence-corrected chi connectivity index (χ3v) is 4.58. The van der Waals surface area contributed by atoms with Crippen molar-refractivity contribution in [3.05, 3.63) is 60.1 Å². The van der Waals surface area contributed by atoms with E-state index in [1.54, 1.807) is 19.2 Å². The van der Waals surface area contributed by atoms with E-state index in [0.29, 0.717) is 22.4 Å². The molecule has 0 aliphatic rings. The topological polar surface area (TPSA) is 79.7 Å². The van der Waals surface area contributed by atoms with Crippen LogP contribution in [-0.4, -0.2) is 37.7 Å². The number of rotatable bonds is 4. The molecule has 0 aliphatic carbocycles. The van der Waals surface area contributed by atoms with Crippen LogP contribution in [-0.2, 0) is 7.05 Å². The molecule has 29 heavy (non-hydrogen) atoms. The van der Waals surface area contributed by atoms with Crippen LogP contribution in [0.15, 0.2) is 42.9 Å². The van der Waals surface area contributed by atoms with Gasteiger partial charge in [-0.05, 0) is 24.3 Å². The number of fused-ring (bicyclic) bond motifs is 1. The molecule has 3 heterocycles. The minimum Gasteiger partial charge on any atom is -0.354 e. The summed E-state index contributed by atoms with van der Waals surface area (Å²) in [5.41, 5.74) is 0.685. The Morgan fingerprint density at radius 2 is 2.00 bits per heavy atom. The highest BCUT2D eigenvalue weighted by Gasteiger charge is 2.21. The number of carbonyl (C=O) groups is 1. The number of nitrogens with zero attached hydrogens (tertiary/aromatic N) is 5. The molecule has 0 saturated carbocycles. The molecule has 0 atom stereocenters. The molecule has 0 unspecified atom stereocenters. The van der Waals surface area contributed by atoms with E-state index in [9.17, 15) is 18.0 Å². The number of pyridine rings is 1. The van der Waals surface area contributed by atoms with Crippen LogP contribution in [0.1, 0.15) is 22.6 Å². The summed E-state index contributed by atoms with van der Waals surface area (Å²) >= 11 is 0. The van der Waals surface area contributed by atoms with E-state index in [1.165, 1.54) is 29.2 Å². The number of hydrogen-bond donors (Lipinski definition) is 1. The van der Waals surface area contributed by atoms with Gasteiger partial charge in [0.2, 0.25) is 5.82 Å². The van der Waals surface area contributed by atoms with Crippen LogP contribution in [0.3, 0.4) is 0 Å². The number of halogens is 3. The van der Waals surface area contributed by atoms with Gasteiger partial charge in [-0.1, -0.05) is 0 Å². The third-order valence-electron chi connectivity index (χ3n) is 4.58. The fourth-order valence-corrected chi connectivity index (χ4v) is 3.04. The monoisotopic (exact) mass is 400 g/mol. The zero-order valence-corrected chi connectivity index (χ0v) is 15.4. The molecule has 7 nitrogen and oxygen atoms in total. The van der Waals surface area contributed by atoms with Crippen LogP contribution < -0.4 is 4.90 Å². The normalized spacial score (nSPS) is 11.4. The fraction of sp³-hybridized carbons (Fsp3) is 0.158. The molecular formula is C19H15F3N6O. The Hall–Kier alpha value is -3.69. The zero-order chi connectivity index (χ0) is 20.7. The van der Waals surface area contributed by atoms with E-state index < -0.39 is 18.1 Å². The van der Waals surface area contributed by atoms with E-state index in [-0.39, 0.29) is 17.0 Å². The Morgan fingerprint density at radius 1 is 1.21 bits per heavy atom. The van der Waals surface area contributed by atoms with E-state index in [1.807, 2.05) is 0 Å². The van der Waals surface area contributed by atoms with Gasteiger partial charge in [0.15, 0.2) is 0 Å². The van der Waals surface area contributed by atoms with Gasteiger partial charge >= 0.3 is 0 Å². The molecule has 0 saturated heterocycles. The number of nitrogens with one attached hydrogen (secondary N) is 1. The maximum atomic E-state index is 13.6. The largest absolute Gasteiger partial charge is 0.354 e. The Kier molecular flexibility index (Phi) is 4.53. The lowest BCUT2D eigenvalue weighted by molar-refractivity contribution is 0.0978. The molecule has 10 heteroatoms. The molecule has 0 spiro atoms. The molecule has 0 bridgehead atoms. The van der Waals surface area contributed by atoms with E-state index in [2.05, 4.69) is 20.1 Å². The van der Waals surface area contributed by atoms with Crippen molar-refractivity contribution < 1.29 is 18.0 Å². The molecule has 4 rings (SSSR count). The van der Waals surface area contributed by atoms with Gasteiger partial charge in [0.1, 0.15) is 18.0 Å². The Bertz CT molecular complexity index is 1220.